The summed E-state index contributed by atoms with van der Waals surface area (Å²) in [5.41, 5.74) is -0.969. The highest BCUT2D eigenvalue weighted by atomic mass is 16.5. The number of urea groups is 1. The number of methoxy groups -OCH3 is 1. The van der Waals surface area contributed by atoms with Crippen molar-refractivity contribution in [1.82, 2.24) is 10.6 Å². The van der Waals surface area contributed by atoms with Gasteiger partial charge in [0.1, 0.15) is 0 Å². The van der Waals surface area contributed by atoms with Gasteiger partial charge in [0.05, 0.1) is 0 Å². The van der Waals surface area contributed by atoms with Crippen LogP contribution in [0.4, 0.5) is 4.79 Å². The zero-order valence-electron chi connectivity index (χ0n) is 12.6. The predicted molar refractivity (Wildman–Crippen MR) is 79.1 cm³/mol. The summed E-state index contributed by atoms with van der Waals surface area (Å²) in [6.07, 6.45) is 0.652. The molecule has 1 aromatic carbocycles. The first kappa shape index (κ1) is 17.0. The summed E-state index contributed by atoms with van der Waals surface area (Å²) in [4.78, 5) is 23.5. The Balaban J connectivity index is 2.75. The molecule has 0 bridgehead atoms. The van der Waals surface area contributed by atoms with Gasteiger partial charge in [0.25, 0.3) is 0 Å². The highest BCUT2D eigenvalue weighted by Crippen LogP contribution is 2.20. The van der Waals surface area contributed by atoms with Crippen LogP contribution in [0, 0.1) is 0 Å². The smallest absolute Gasteiger partial charge is 0.333 e. The molecule has 0 aromatic heterocycles. The van der Waals surface area contributed by atoms with E-state index in [0.29, 0.717) is 18.6 Å². The number of amides is 2. The second-order valence-corrected chi connectivity index (χ2v) is 5.08. The fourth-order valence-electron chi connectivity index (χ4n) is 1.87. The van der Waals surface area contributed by atoms with Gasteiger partial charge in [-0.3, -0.25) is 0 Å². The van der Waals surface area contributed by atoms with Crippen LogP contribution in [0.2, 0.25) is 0 Å². The highest BCUT2D eigenvalue weighted by Gasteiger charge is 2.36. The SMILES string of the molecule is COCCC(C)NC(=O)NC(C)(C(=O)O)c1ccccc1. The lowest BCUT2D eigenvalue weighted by Gasteiger charge is -2.27. The molecule has 116 valence electrons. The molecule has 2 unspecified atom stereocenters. The van der Waals surface area contributed by atoms with Gasteiger partial charge in [-0.25, -0.2) is 9.59 Å². The zero-order valence-corrected chi connectivity index (χ0v) is 12.6. The third kappa shape index (κ3) is 4.75. The monoisotopic (exact) mass is 294 g/mol. The molecule has 0 aliphatic carbocycles. The van der Waals surface area contributed by atoms with Crippen molar-refractivity contribution in [2.24, 2.45) is 0 Å². The number of carboxylic acids is 1. The minimum atomic E-state index is -1.48. The molecule has 1 aromatic rings. The third-order valence-electron chi connectivity index (χ3n) is 3.27. The Morgan fingerprint density at radius 2 is 1.95 bits per heavy atom. The molecule has 0 heterocycles. The molecule has 2 atom stereocenters. The van der Waals surface area contributed by atoms with Crippen molar-refractivity contribution in [2.45, 2.75) is 31.8 Å². The van der Waals surface area contributed by atoms with Crippen molar-refractivity contribution in [3.05, 3.63) is 35.9 Å². The average Bonchev–Trinajstić information content (AvgIpc) is 2.45. The summed E-state index contributed by atoms with van der Waals surface area (Å²) in [5.74, 6) is -1.12. The topological polar surface area (TPSA) is 87.7 Å². The summed E-state index contributed by atoms with van der Waals surface area (Å²) in [7, 11) is 1.59. The Labute approximate surface area is 124 Å². The molecule has 0 aliphatic heterocycles. The van der Waals surface area contributed by atoms with Crippen LogP contribution in [0.3, 0.4) is 0 Å². The lowest BCUT2D eigenvalue weighted by atomic mass is 9.92. The first-order valence-corrected chi connectivity index (χ1v) is 6.76. The van der Waals surface area contributed by atoms with Crippen molar-refractivity contribution in [2.75, 3.05) is 13.7 Å². The van der Waals surface area contributed by atoms with E-state index in [2.05, 4.69) is 10.6 Å². The Morgan fingerprint density at radius 3 is 2.48 bits per heavy atom. The standard InChI is InChI=1S/C15H22N2O4/c1-11(9-10-21-3)16-14(20)17-15(2,13(18)19)12-7-5-4-6-8-12/h4-8,11H,9-10H2,1-3H3,(H,18,19)(H2,16,17,20). The van der Waals surface area contributed by atoms with Crippen LogP contribution in [-0.4, -0.2) is 36.9 Å². The second-order valence-electron chi connectivity index (χ2n) is 5.08. The second kappa shape index (κ2) is 7.64. The van der Waals surface area contributed by atoms with Gasteiger partial charge >= 0.3 is 12.0 Å². The van der Waals surface area contributed by atoms with Gasteiger partial charge in [-0.1, -0.05) is 30.3 Å². The van der Waals surface area contributed by atoms with Crippen molar-refractivity contribution in [1.29, 1.82) is 0 Å². The van der Waals surface area contributed by atoms with E-state index in [1.165, 1.54) is 6.92 Å². The summed E-state index contributed by atoms with van der Waals surface area (Å²) >= 11 is 0. The van der Waals surface area contributed by atoms with E-state index in [0.717, 1.165) is 0 Å². The molecular formula is C15H22N2O4. The average molecular weight is 294 g/mol. The zero-order chi connectivity index (χ0) is 15.9. The largest absolute Gasteiger partial charge is 0.479 e. The van der Waals surface area contributed by atoms with Gasteiger partial charge in [-0.2, -0.15) is 0 Å². The molecule has 2 amide bonds. The number of aliphatic carboxylic acids is 1. The third-order valence-corrected chi connectivity index (χ3v) is 3.27. The van der Waals surface area contributed by atoms with Crippen molar-refractivity contribution >= 4 is 12.0 Å². The lowest BCUT2D eigenvalue weighted by molar-refractivity contribution is -0.144. The Hall–Kier alpha value is -2.08. The van der Waals surface area contributed by atoms with Crippen LogP contribution < -0.4 is 10.6 Å². The number of carbonyl (C=O) groups is 2. The maximum Gasteiger partial charge on any atom is 0.333 e. The number of rotatable bonds is 7. The quantitative estimate of drug-likeness (QED) is 0.714. The molecule has 0 radical (unpaired) electrons. The van der Waals surface area contributed by atoms with Gasteiger partial charge in [-0.15, -0.1) is 0 Å². The minimum Gasteiger partial charge on any atom is -0.479 e. The number of carboxylic acid groups (broad SMARTS) is 1. The highest BCUT2D eigenvalue weighted by molar-refractivity contribution is 5.87. The maximum absolute atomic E-state index is 12.0. The predicted octanol–water partition coefficient (Wildman–Crippen LogP) is 1.71. The van der Waals surface area contributed by atoms with Crippen molar-refractivity contribution < 1.29 is 19.4 Å². The van der Waals surface area contributed by atoms with Gasteiger partial charge in [0.2, 0.25) is 0 Å². The summed E-state index contributed by atoms with van der Waals surface area (Å²) < 4.78 is 4.94. The van der Waals surface area contributed by atoms with E-state index >= 15 is 0 Å². The first-order chi connectivity index (χ1) is 9.90. The van der Waals surface area contributed by atoms with Gasteiger partial charge in [-0.05, 0) is 25.8 Å². The normalized spacial score (nSPS) is 14.8. The van der Waals surface area contributed by atoms with E-state index in [1.807, 2.05) is 6.92 Å². The van der Waals surface area contributed by atoms with Crippen LogP contribution in [0.1, 0.15) is 25.8 Å². The minimum absolute atomic E-state index is 0.112. The van der Waals surface area contributed by atoms with E-state index in [9.17, 15) is 14.7 Å². The van der Waals surface area contributed by atoms with Crippen molar-refractivity contribution in [3.63, 3.8) is 0 Å². The Kier molecular flexibility index (Phi) is 6.17. The summed E-state index contributed by atoms with van der Waals surface area (Å²) in [5, 5.41) is 14.7. The number of nitrogens with one attached hydrogen (secondary N) is 2. The van der Waals surface area contributed by atoms with Gasteiger partial charge in [0.15, 0.2) is 5.54 Å². The van der Waals surface area contributed by atoms with Crippen LogP contribution in [0.15, 0.2) is 30.3 Å². The molecule has 3 N–H and O–H groups in total. The van der Waals surface area contributed by atoms with Crippen molar-refractivity contribution in [3.8, 4) is 0 Å². The molecular weight excluding hydrogens is 272 g/mol. The van der Waals surface area contributed by atoms with Crippen LogP contribution >= 0.6 is 0 Å². The molecule has 0 spiro atoms. The number of ether oxygens (including phenoxy) is 1. The number of hydrogen-bond acceptors (Lipinski definition) is 3. The number of hydrogen-bond donors (Lipinski definition) is 3. The molecule has 6 nitrogen and oxygen atoms in total. The molecule has 0 fully saturated rings. The Bertz CT molecular complexity index is 478. The van der Waals surface area contributed by atoms with Gasteiger partial charge < -0.3 is 20.5 Å². The molecule has 1 rings (SSSR count). The number of benzene rings is 1. The molecule has 0 saturated heterocycles. The van der Waals surface area contributed by atoms with Crippen LogP contribution in [0.5, 0.6) is 0 Å². The fourth-order valence-corrected chi connectivity index (χ4v) is 1.87. The lowest BCUT2D eigenvalue weighted by Crippen LogP contribution is -2.54. The summed E-state index contributed by atoms with van der Waals surface area (Å²) in [6, 6.07) is 7.96. The van der Waals surface area contributed by atoms with E-state index < -0.39 is 17.5 Å². The first-order valence-electron chi connectivity index (χ1n) is 6.76. The molecule has 6 heteroatoms. The fraction of sp³-hybridized carbons (Fsp3) is 0.467. The van der Waals surface area contributed by atoms with E-state index in [1.54, 1.807) is 37.4 Å². The van der Waals surface area contributed by atoms with Gasteiger partial charge in [0, 0.05) is 19.8 Å². The van der Waals surface area contributed by atoms with E-state index in [4.69, 9.17) is 4.74 Å². The molecule has 21 heavy (non-hydrogen) atoms. The Morgan fingerprint density at radius 1 is 1.33 bits per heavy atom. The molecule has 0 saturated carbocycles. The van der Waals surface area contributed by atoms with E-state index in [-0.39, 0.29) is 6.04 Å². The summed E-state index contributed by atoms with van der Waals surface area (Å²) in [6.45, 7) is 3.82. The number of carbonyl (C=O) groups excluding carboxylic acids is 1. The van der Waals surface area contributed by atoms with Crippen LogP contribution in [-0.2, 0) is 15.1 Å². The van der Waals surface area contributed by atoms with Crippen LogP contribution in [0.25, 0.3) is 0 Å². The maximum atomic E-state index is 12.0. The molecule has 0 aliphatic rings.